The molecule has 3 heterocycles. The van der Waals surface area contributed by atoms with E-state index in [0.29, 0.717) is 23.3 Å². The predicted octanol–water partition coefficient (Wildman–Crippen LogP) is 2.47. The number of ether oxygens (including phenoxy) is 1. The Morgan fingerprint density at radius 2 is 2.38 bits per heavy atom. The molecule has 1 saturated heterocycles. The van der Waals surface area contributed by atoms with Gasteiger partial charge in [0.15, 0.2) is 0 Å². The Morgan fingerprint density at radius 3 is 3.10 bits per heavy atom. The van der Waals surface area contributed by atoms with E-state index >= 15 is 0 Å². The van der Waals surface area contributed by atoms with Gasteiger partial charge in [-0.15, -0.1) is 11.3 Å². The fourth-order valence-corrected chi connectivity index (χ4v) is 3.33. The maximum absolute atomic E-state index is 5.97. The maximum Gasteiger partial charge on any atom is 0.261 e. The third-order valence-electron chi connectivity index (χ3n) is 3.53. The molecule has 2 N–H and O–H groups in total. The van der Waals surface area contributed by atoms with Crippen LogP contribution in [0.15, 0.2) is 10.6 Å². The van der Waals surface area contributed by atoms with Gasteiger partial charge in [0.2, 0.25) is 5.82 Å². The van der Waals surface area contributed by atoms with E-state index in [1.165, 1.54) is 11.3 Å². The smallest absolute Gasteiger partial charge is 0.261 e. The molecule has 0 radical (unpaired) electrons. The second-order valence-corrected chi connectivity index (χ2v) is 6.54. The van der Waals surface area contributed by atoms with Crippen LogP contribution in [-0.2, 0) is 4.74 Å². The van der Waals surface area contributed by atoms with Crippen LogP contribution in [0, 0.1) is 6.92 Å². The molecule has 6 nitrogen and oxygen atoms in total. The van der Waals surface area contributed by atoms with Gasteiger partial charge in [-0.1, -0.05) is 12.1 Å². The van der Waals surface area contributed by atoms with Crippen LogP contribution in [0.25, 0.3) is 11.5 Å². The molecule has 1 atom stereocenters. The van der Waals surface area contributed by atoms with Crippen molar-refractivity contribution in [2.45, 2.75) is 26.4 Å². The van der Waals surface area contributed by atoms with E-state index in [1.54, 1.807) is 0 Å². The molecule has 7 heteroatoms. The van der Waals surface area contributed by atoms with Gasteiger partial charge in [0.25, 0.3) is 5.89 Å². The van der Waals surface area contributed by atoms with Gasteiger partial charge >= 0.3 is 0 Å². The second kappa shape index (κ2) is 6.13. The highest BCUT2D eigenvalue weighted by Crippen LogP contribution is 2.33. The molecule has 2 aromatic rings. The molecule has 0 aromatic carbocycles. The monoisotopic (exact) mass is 308 g/mol. The molecule has 3 rings (SSSR count). The first kappa shape index (κ1) is 14.5. The molecule has 0 saturated carbocycles. The third-order valence-corrected chi connectivity index (χ3v) is 4.41. The summed E-state index contributed by atoms with van der Waals surface area (Å²) in [7, 11) is 0. The minimum absolute atomic E-state index is 0.122. The Morgan fingerprint density at radius 1 is 1.52 bits per heavy atom. The number of nitrogen functional groups attached to an aromatic ring is 1. The summed E-state index contributed by atoms with van der Waals surface area (Å²) in [5, 5.41) is 4.78. The zero-order valence-corrected chi connectivity index (χ0v) is 13.2. The Kier molecular flexibility index (Phi) is 4.23. The van der Waals surface area contributed by atoms with Crippen LogP contribution < -0.4 is 5.73 Å². The lowest BCUT2D eigenvalue weighted by molar-refractivity contribution is -0.0350. The van der Waals surface area contributed by atoms with Crippen molar-refractivity contribution in [1.82, 2.24) is 15.0 Å². The van der Waals surface area contributed by atoms with E-state index in [-0.39, 0.29) is 6.10 Å². The zero-order chi connectivity index (χ0) is 14.8. The van der Waals surface area contributed by atoms with E-state index in [9.17, 15) is 0 Å². The zero-order valence-electron chi connectivity index (χ0n) is 12.3. The first-order chi connectivity index (χ1) is 10.2. The van der Waals surface area contributed by atoms with Crippen molar-refractivity contribution in [3.05, 3.63) is 16.8 Å². The number of hydrogen-bond donors (Lipinski definition) is 1. The lowest BCUT2D eigenvalue weighted by atomic mass is 10.2. The molecule has 0 spiro atoms. The summed E-state index contributed by atoms with van der Waals surface area (Å²) in [5.74, 6) is 1.08. The lowest BCUT2D eigenvalue weighted by Gasteiger charge is -2.30. The summed E-state index contributed by atoms with van der Waals surface area (Å²) in [6, 6.07) is 1.97. The Bertz CT molecular complexity index is 608. The number of nitrogens with zero attached hydrogens (tertiary/aromatic N) is 3. The number of hydrogen-bond acceptors (Lipinski definition) is 7. The molecular weight excluding hydrogens is 288 g/mol. The Labute approximate surface area is 127 Å². The highest BCUT2D eigenvalue weighted by molar-refractivity contribution is 7.16. The highest BCUT2D eigenvalue weighted by atomic mass is 32.1. The fraction of sp³-hybridized carbons (Fsp3) is 0.571. The standard InChI is InChI=1S/C14H20N4O2S/c1-3-4-18-5-6-19-11(8-18)13-16-14(20-17-13)10-7-9(2)21-12(10)15/h7,11H,3-6,8,15H2,1-2H3. The van der Waals surface area contributed by atoms with Gasteiger partial charge in [0, 0.05) is 18.0 Å². The lowest BCUT2D eigenvalue weighted by Crippen LogP contribution is -2.39. The molecule has 2 aromatic heterocycles. The van der Waals surface area contributed by atoms with E-state index < -0.39 is 0 Å². The van der Waals surface area contributed by atoms with Crippen LogP contribution in [-0.4, -0.2) is 41.3 Å². The summed E-state index contributed by atoms with van der Waals surface area (Å²) < 4.78 is 11.1. The largest absolute Gasteiger partial charge is 0.390 e. The first-order valence-electron chi connectivity index (χ1n) is 7.21. The van der Waals surface area contributed by atoms with E-state index in [4.69, 9.17) is 15.0 Å². The van der Waals surface area contributed by atoms with Crippen molar-refractivity contribution < 1.29 is 9.26 Å². The van der Waals surface area contributed by atoms with Gasteiger partial charge in [-0.2, -0.15) is 4.98 Å². The average molecular weight is 308 g/mol. The van der Waals surface area contributed by atoms with Crippen molar-refractivity contribution in [2.75, 3.05) is 32.0 Å². The molecule has 0 aliphatic carbocycles. The van der Waals surface area contributed by atoms with E-state index in [1.807, 2.05) is 13.0 Å². The summed E-state index contributed by atoms with van der Waals surface area (Å²) in [4.78, 5) is 7.97. The second-order valence-electron chi connectivity index (χ2n) is 5.25. The molecule has 0 bridgehead atoms. The molecule has 1 aliphatic rings. The quantitative estimate of drug-likeness (QED) is 0.935. The number of anilines is 1. The van der Waals surface area contributed by atoms with Gasteiger partial charge in [-0.3, -0.25) is 4.90 Å². The van der Waals surface area contributed by atoms with Crippen molar-refractivity contribution in [1.29, 1.82) is 0 Å². The number of rotatable bonds is 4. The molecule has 1 fully saturated rings. The van der Waals surface area contributed by atoms with E-state index in [2.05, 4.69) is 22.0 Å². The predicted molar refractivity (Wildman–Crippen MR) is 82.2 cm³/mol. The topological polar surface area (TPSA) is 77.4 Å². The highest BCUT2D eigenvalue weighted by Gasteiger charge is 2.26. The van der Waals surface area contributed by atoms with Crippen molar-refractivity contribution in [3.63, 3.8) is 0 Å². The summed E-state index contributed by atoms with van der Waals surface area (Å²) in [6.45, 7) is 7.74. The van der Waals surface area contributed by atoms with Crippen LogP contribution in [0.4, 0.5) is 5.00 Å². The van der Waals surface area contributed by atoms with Crippen molar-refractivity contribution in [2.24, 2.45) is 0 Å². The number of nitrogens with two attached hydrogens (primary N) is 1. The molecule has 1 aliphatic heterocycles. The van der Waals surface area contributed by atoms with Gasteiger partial charge in [-0.05, 0) is 26.0 Å². The minimum Gasteiger partial charge on any atom is -0.390 e. The SMILES string of the molecule is CCCN1CCOC(c2noc(-c3cc(C)sc3N)n2)C1. The van der Waals surface area contributed by atoms with Crippen LogP contribution in [0.2, 0.25) is 0 Å². The van der Waals surface area contributed by atoms with Crippen molar-refractivity contribution in [3.8, 4) is 11.5 Å². The van der Waals surface area contributed by atoms with E-state index in [0.717, 1.165) is 36.5 Å². The minimum atomic E-state index is -0.122. The summed E-state index contributed by atoms with van der Waals surface area (Å²) >= 11 is 1.53. The average Bonchev–Trinajstić information content (AvgIpc) is 3.06. The van der Waals surface area contributed by atoms with Crippen LogP contribution >= 0.6 is 11.3 Å². The Balaban J connectivity index is 1.77. The number of morpholine rings is 1. The number of thiophene rings is 1. The third kappa shape index (κ3) is 3.09. The number of aryl methyl sites for hydroxylation is 1. The van der Waals surface area contributed by atoms with Gasteiger partial charge in [0.05, 0.1) is 17.2 Å². The summed E-state index contributed by atoms with van der Waals surface area (Å²) in [5.41, 5.74) is 6.79. The summed E-state index contributed by atoms with van der Waals surface area (Å²) in [6.07, 6.45) is 1.01. The first-order valence-corrected chi connectivity index (χ1v) is 8.03. The van der Waals surface area contributed by atoms with Crippen LogP contribution in [0.1, 0.15) is 30.2 Å². The number of aromatic nitrogens is 2. The molecular formula is C14H20N4O2S. The van der Waals surface area contributed by atoms with Crippen LogP contribution in [0.5, 0.6) is 0 Å². The molecule has 21 heavy (non-hydrogen) atoms. The van der Waals surface area contributed by atoms with Gasteiger partial charge in [0.1, 0.15) is 6.10 Å². The maximum atomic E-state index is 5.97. The molecule has 114 valence electrons. The Hall–Kier alpha value is -1.44. The van der Waals surface area contributed by atoms with Gasteiger partial charge in [-0.25, -0.2) is 0 Å². The van der Waals surface area contributed by atoms with Crippen molar-refractivity contribution >= 4 is 16.3 Å². The normalized spacial score (nSPS) is 20.0. The molecule has 1 unspecified atom stereocenters. The fourth-order valence-electron chi connectivity index (χ4n) is 2.55. The van der Waals surface area contributed by atoms with Gasteiger partial charge < -0.3 is 15.0 Å². The molecule has 0 amide bonds. The van der Waals surface area contributed by atoms with Crippen LogP contribution in [0.3, 0.4) is 0 Å².